The highest BCUT2D eigenvalue weighted by Gasteiger charge is 2.18. The van der Waals surface area contributed by atoms with Crippen LogP contribution in [0.5, 0.6) is 0 Å². The number of carbonyl (C=O) groups is 2. The van der Waals surface area contributed by atoms with E-state index < -0.39 is 6.04 Å². The van der Waals surface area contributed by atoms with Crippen molar-refractivity contribution in [3.63, 3.8) is 0 Å². The summed E-state index contributed by atoms with van der Waals surface area (Å²) in [6.07, 6.45) is 0. The molecule has 0 saturated carbocycles. The molecule has 124 valence electrons. The van der Waals surface area contributed by atoms with Crippen molar-refractivity contribution in [1.82, 2.24) is 10.2 Å². The summed E-state index contributed by atoms with van der Waals surface area (Å²) >= 11 is 6.05. The van der Waals surface area contributed by atoms with Crippen molar-refractivity contribution >= 4 is 35.8 Å². The number of likely N-dealkylation sites (N-methyl/N-ethyl adjacent to an activating group) is 1. The van der Waals surface area contributed by atoms with Gasteiger partial charge in [-0.25, -0.2) is 0 Å². The van der Waals surface area contributed by atoms with Gasteiger partial charge in [0.05, 0.1) is 12.6 Å². The van der Waals surface area contributed by atoms with Crippen LogP contribution in [0.25, 0.3) is 0 Å². The molecule has 1 rings (SSSR count). The van der Waals surface area contributed by atoms with Crippen molar-refractivity contribution < 1.29 is 9.59 Å². The lowest BCUT2D eigenvalue weighted by atomic mass is 10.1. The first-order chi connectivity index (χ1) is 9.82. The van der Waals surface area contributed by atoms with Gasteiger partial charge in [-0.3, -0.25) is 9.59 Å². The molecule has 1 aromatic carbocycles. The van der Waals surface area contributed by atoms with Gasteiger partial charge in [0.1, 0.15) is 0 Å². The third-order valence-corrected chi connectivity index (χ3v) is 3.59. The predicted molar refractivity (Wildman–Crippen MR) is 91.0 cm³/mol. The molecule has 0 aliphatic heterocycles. The minimum Gasteiger partial charge on any atom is -0.346 e. The Morgan fingerprint density at radius 2 is 1.91 bits per heavy atom. The number of nitrogens with one attached hydrogen (secondary N) is 1. The summed E-state index contributed by atoms with van der Waals surface area (Å²) in [5, 5.41) is 3.17. The van der Waals surface area contributed by atoms with E-state index in [1.54, 1.807) is 13.1 Å². The summed E-state index contributed by atoms with van der Waals surface area (Å²) in [6.45, 7) is 4.04. The van der Waals surface area contributed by atoms with E-state index >= 15 is 0 Å². The number of hydrogen-bond donors (Lipinski definition) is 2. The van der Waals surface area contributed by atoms with Crippen LogP contribution in [-0.2, 0) is 16.1 Å². The zero-order chi connectivity index (χ0) is 16.0. The summed E-state index contributed by atoms with van der Waals surface area (Å²) in [6, 6.07) is 6.73. The Morgan fingerprint density at radius 3 is 2.45 bits per heavy atom. The summed E-state index contributed by atoms with van der Waals surface area (Å²) < 4.78 is 0. The quantitative estimate of drug-likeness (QED) is 0.823. The molecule has 0 aliphatic carbocycles. The normalized spacial score (nSPS) is 11.5. The van der Waals surface area contributed by atoms with Gasteiger partial charge in [-0.1, -0.05) is 43.6 Å². The smallest absolute Gasteiger partial charge is 0.242 e. The van der Waals surface area contributed by atoms with E-state index in [0.29, 0.717) is 11.6 Å². The Balaban J connectivity index is 0.00000441. The number of rotatable bonds is 6. The highest BCUT2D eigenvalue weighted by atomic mass is 35.5. The Hall–Kier alpha value is -1.30. The zero-order valence-electron chi connectivity index (χ0n) is 13.0. The maximum Gasteiger partial charge on any atom is 0.242 e. The average Bonchev–Trinajstić information content (AvgIpc) is 2.45. The van der Waals surface area contributed by atoms with Gasteiger partial charge in [0, 0.05) is 18.6 Å². The molecule has 0 heterocycles. The maximum absolute atomic E-state index is 12.0. The molecule has 0 aromatic heterocycles. The molecule has 0 fully saturated rings. The van der Waals surface area contributed by atoms with E-state index in [4.69, 9.17) is 17.3 Å². The molecular weight excluding hydrogens is 325 g/mol. The van der Waals surface area contributed by atoms with Crippen molar-refractivity contribution in [3.05, 3.63) is 34.9 Å². The maximum atomic E-state index is 12.0. The third-order valence-electron chi connectivity index (χ3n) is 3.23. The predicted octanol–water partition coefficient (Wildman–Crippen LogP) is 1.82. The summed E-state index contributed by atoms with van der Waals surface area (Å²) in [5.74, 6) is -0.482. The van der Waals surface area contributed by atoms with E-state index in [-0.39, 0.29) is 36.7 Å². The highest BCUT2D eigenvalue weighted by Crippen LogP contribution is 2.16. The number of benzene rings is 1. The van der Waals surface area contributed by atoms with Crippen LogP contribution in [0.15, 0.2) is 24.3 Å². The SMILES string of the molecule is CC(C)[C@H](N)C(=O)NCC(=O)N(C)Cc1ccccc1Cl.Cl. The number of halogens is 2. The second-order valence-electron chi connectivity index (χ2n) is 5.33. The molecule has 1 atom stereocenters. The average molecular weight is 348 g/mol. The topological polar surface area (TPSA) is 75.4 Å². The first-order valence-electron chi connectivity index (χ1n) is 6.83. The van der Waals surface area contributed by atoms with Crippen LogP contribution in [0.1, 0.15) is 19.4 Å². The molecular formula is C15H23Cl2N3O2. The van der Waals surface area contributed by atoms with Gasteiger partial charge in [-0.15, -0.1) is 12.4 Å². The lowest BCUT2D eigenvalue weighted by molar-refractivity contribution is -0.132. The van der Waals surface area contributed by atoms with E-state index in [1.807, 2.05) is 32.0 Å². The summed E-state index contributed by atoms with van der Waals surface area (Å²) in [7, 11) is 1.67. The first-order valence-corrected chi connectivity index (χ1v) is 7.21. The molecule has 0 spiro atoms. The lowest BCUT2D eigenvalue weighted by Gasteiger charge is -2.20. The molecule has 1 aromatic rings. The molecule has 0 bridgehead atoms. The zero-order valence-corrected chi connectivity index (χ0v) is 14.6. The number of amides is 2. The van der Waals surface area contributed by atoms with Crippen molar-refractivity contribution in [3.8, 4) is 0 Å². The fourth-order valence-corrected chi connectivity index (χ4v) is 1.88. The van der Waals surface area contributed by atoms with Crippen molar-refractivity contribution in [2.24, 2.45) is 11.7 Å². The molecule has 5 nitrogen and oxygen atoms in total. The Morgan fingerprint density at radius 1 is 1.32 bits per heavy atom. The summed E-state index contributed by atoms with van der Waals surface area (Å²) in [5.41, 5.74) is 6.57. The molecule has 0 saturated heterocycles. The highest BCUT2D eigenvalue weighted by molar-refractivity contribution is 6.31. The first kappa shape index (κ1) is 20.7. The van der Waals surface area contributed by atoms with Gasteiger partial charge < -0.3 is 16.0 Å². The van der Waals surface area contributed by atoms with Gasteiger partial charge in [0.2, 0.25) is 11.8 Å². The third kappa shape index (κ3) is 6.22. The van der Waals surface area contributed by atoms with Crippen LogP contribution in [0, 0.1) is 5.92 Å². The van der Waals surface area contributed by atoms with E-state index in [1.165, 1.54) is 4.90 Å². The number of hydrogen-bond acceptors (Lipinski definition) is 3. The Kier molecular flexibility index (Phi) is 9.09. The monoisotopic (exact) mass is 347 g/mol. The van der Waals surface area contributed by atoms with Gasteiger partial charge in [-0.05, 0) is 17.5 Å². The van der Waals surface area contributed by atoms with Gasteiger partial charge in [0.15, 0.2) is 0 Å². The van der Waals surface area contributed by atoms with E-state index in [2.05, 4.69) is 5.32 Å². The van der Waals surface area contributed by atoms with Crippen LogP contribution >= 0.6 is 24.0 Å². The van der Waals surface area contributed by atoms with Crippen molar-refractivity contribution in [2.45, 2.75) is 26.4 Å². The Labute approximate surface area is 142 Å². The van der Waals surface area contributed by atoms with E-state index in [9.17, 15) is 9.59 Å². The fourth-order valence-electron chi connectivity index (χ4n) is 1.69. The molecule has 22 heavy (non-hydrogen) atoms. The number of carbonyl (C=O) groups excluding carboxylic acids is 2. The second-order valence-corrected chi connectivity index (χ2v) is 5.74. The van der Waals surface area contributed by atoms with Gasteiger partial charge in [0.25, 0.3) is 0 Å². The minimum absolute atomic E-state index is 0. The minimum atomic E-state index is -0.605. The molecule has 0 unspecified atom stereocenters. The Bertz CT molecular complexity index is 509. The number of nitrogens with two attached hydrogens (primary N) is 1. The van der Waals surface area contributed by atoms with Crippen LogP contribution in [0.3, 0.4) is 0 Å². The molecule has 7 heteroatoms. The molecule has 0 aliphatic rings. The van der Waals surface area contributed by atoms with Crippen LogP contribution in [0.4, 0.5) is 0 Å². The molecule has 3 N–H and O–H groups in total. The van der Waals surface area contributed by atoms with Crippen LogP contribution in [0.2, 0.25) is 5.02 Å². The van der Waals surface area contributed by atoms with Crippen molar-refractivity contribution in [1.29, 1.82) is 0 Å². The largest absolute Gasteiger partial charge is 0.346 e. The van der Waals surface area contributed by atoms with Gasteiger partial charge in [-0.2, -0.15) is 0 Å². The lowest BCUT2D eigenvalue weighted by Crippen LogP contribution is -2.47. The number of nitrogens with zero attached hydrogens (tertiary/aromatic N) is 1. The van der Waals surface area contributed by atoms with Gasteiger partial charge >= 0.3 is 0 Å². The summed E-state index contributed by atoms with van der Waals surface area (Å²) in [4.78, 5) is 25.2. The fraction of sp³-hybridized carbons (Fsp3) is 0.467. The molecule has 2 amide bonds. The molecule has 0 radical (unpaired) electrons. The van der Waals surface area contributed by atoms with Crippen LogP contribution in [-0.4, -0.2) is 36.3 Å². The van der Waals surface area contributed by atoms with E-state index in [0.717, 1.165) is 5.56 Å². The standard InChI is InChI=1S/C15H22ClN3O2.ClH/c1-10(2)14(17)15(21)18-8-13(20)19(3)9-11-6-4-5-7-12(11)16;/h4-7,10,14H,8-9,17H2,1-3H3,(H,18,21);1H/t14-;/m0./s1. The van der Waals surface area contributed by atoms with Crippen molar-refractivity contribution in [2.75, 3.05) is 13.6 Å². The second kappa shape index (κ2) is 9.66. The van der Waals surface area contributed by atoms with Crippen LogP contribution < -0.4 is 11.1 Å².